The van der Waals surface area contributed by atoms with Crippen molar-refractivity contribution in [3.8, 4) is 0 Å². The molecule has 2 aromatic rings. The van der Waals surface area contributed by atoms with Crippen molar-refractivity contribution < 1.29 is 4.74 Å². The van der Waals surface area contributed by atoms with Crippen LogP contribution in [0.15, 0.2) is 77.5 Å². The first-order valence-corrected chi connectivity index (χ1v) is 7.79. The molecule has 0 radical (unpaired) electrons. The summed E-state index contributed by atoms with van der Waals surface area (Å²) in [5.41, 5.74) is 1.15. The zero-order chi connectivity index (χ0) is 14.7. The Kier molecular flexibility index (Phi) is 3.98. The zero-order valence-corrected chi connectivity index (χ0v) is 13.5. The van der Waals surface area contributed by atoms with Gasteiger partial charge in [-0.05, 0) is 34.9 Å². The molecule has 0 heterocycles. The van der Waals surface area contributed by atoms with Gasteiger partial charge in [-0.15, -0.1) is 0 Å². The Morgan fingerprint density at radius 2 is 1.90 bits per heavy atom. The number of benzene rings is 2. The molecule has 1 aliphatic rings. The van der Waals surface area contributed by atoms with Crippen LogP contribution < -0.4 is 0 Å². The summed E-state index contributed by atoms with van der Waals surface area (Å²) < 4.78 is 6.31. The highest BCUT2D eigenvalue weighted by Gasteiger charge is 2.28. The van der Waals surface area contributed by atoms with Crippen LogP contribution in [0.5, 0.6) is 0 Å². The largest absolute Gasteiger partial charge is 0.505 e. The minimum Gasteiger partial charge on any atom is -0.505 e. The number of hydrogen-bond acceptors (Lipinski definition) is 1. The van der Waals surface area contributed by atoms with Crippen LogP contribution in [-0.4, -0.2) is 7.11 Å². The van der Waals surface area contributed by atoms with E-state index in [2.05, 4.69) is 82.7 Å². The molecule has 0 saturated heterocycles. The molecule has 0 aromatic heterocycles. The fourth-order valence-electron chi connectivity index (χ4n) is 2.91. The molecular formula is C19H17BrO. The molecule has 0 saturated carbocycles. The lowest BCUT2D eigenvalue weighted by atomic mass is 9.74. The van der Waals surface area contributed by atoms with Crippen molar-refractivity contribution in [2.75, 3.05) is 7.11 Å². The van der Waals surface area contributed by atoms with Gasteiger partial charge in [-0.1, -0.05) is 70.6 Å². The van der Waals surface area contributed by atoms with Crippen LogP contribution >= 0.6 is 15.9 Å². The van der Waals surface area contributed by atoms with E-state index in [0.29, 0.717) is 0 Å². The third kappa shape index (κ3) is 2.56. The third-order valence-corrected chi connectivity index (χ3v) is 4.66. The van der Waals surface area contributed by atoms with E-state index in [-0.39, 0.29) is 5.41 Å². The molecule has 2 aromatic carbocycles. The smallest absolute Gasteiger partial charge is 0.0796 e. The molecule has 2 heteroatoms. The maximum Gasteiger partial charge on any atom is 0.0796 e. The summed E-state index contributed by atoms with van der Waals surface area (Å²) in [6.45, 7) is 0. The van der Waals surface area contributed by atoms with Gasteiger partial charge in [0.1, 0.15) is 0 Å². The highest BCUT2D eigenvalue weighted by atomic mass is 79.9. The Bertz CT molecular complexity index is 742. The summed E-state index contributed by atoms with van der Waals surface area (Å²) >= 11 is 3.65. The summed E-state index contributed by atoms with van der Waals surface area (Å²) in [5, 5.41) is 2.51. The van der Waals surface area contributed by atoms with Crippen molar-refractivity contribution in [3.63, 3.8) is 0 Å². The highest BCUT2D eigenvalue weighted by Crippen LogP contribution is 2.40. The van der Waals surface area contributed by atoms with Crippen LogP contribution in [0.3, 0.4) is 0 Å². The van der Waals surface area contributed by atoms with E-state index in [0.717, 1.165) is 10.9 Å². The molecule has 1 atom stereocenters. The lowest BCUT2D eigenvalue weighted by Gasteiger charge is -2.30. The van der Waals surface area contributed by atoms with Crippen molar-refractivity contribution in [1.82, 2.24) is 0 Å². The van der Waals surface area contributed by atoms with E-state index < -0.39 is 0 Å². The Labute approximate surface area is 133 Å². The molecular weight excluding hydrogens is 324 g/mol. The first-order chi connectivity index (χ1) is 10.3. The minimum atomic E-state index is -0.148. The van der Waals surface area contributed by atoms with Crippen molar-refractivity contribution in [2.24, 2.45) is 0 Å². The average molecular weight is 341 g/mol. The Morgan fingerprint density at radius 1 is 1.10 bits per heavy atom. The third-order valence-electron chi connectivity index (χ3n) is 3.97. The quantitative estimate of drug-likeness (QED) is 0.668. The highest BCUT2D eigenvalue weighted by molar-refractivity contribution is 9.10. The molecule has 21 heavy (non-hydrogen) atoms. The standard InChI is InChI=1S/C19H17BrO/c1-21-14-13-19(11-5-2-6-12-19)17-9-10-18(20)16-8-4-3-7-15(16)17/h2-11,13-14H,12H2,1H3/b14-13+. The first kappa shape index (κ1) is 14.2. The van der Waals surface area contributed by atoms with E-state index in [1.54, 1.807) is 13.4 Å². The van der Waals surface area contributed by atoms with E-state index in [9.17, 15) is 0 Å². The average Bonchev–Trinajstić information content (AvgIpc) is 2.54. The normalized spacial score (nSPS) is 21.2. The van der Waals surface area contributed by atoms with Gasteiger partial charge in [-0.3, -0.25) is 0 Å². The van der Waals surface area contributed by atoms with Crippen molar-refractivity contribution >= 4 is 26.7 Å². The Hall–Kier alpha value is -1.80. The zero-order valence-electron chi connectivity index (χ0n) is 11.9. The SMILES string of the molecule is CO/C=C/C1(c2ccc(Br)c3ccccc23)C=CC=CC1. The number of hydrogen-bond donors (Lipinski definition) is 0. The molecule has 1 aliphatic carbocycles. The number of methoxy groups -OCH3 is 1. The summed E-state index contributed by atoms with van der Waals surface area (Å²) in [6.07, 6.45) is 13.5. The molecule has 0 amide bonds. The van der Waals surface area contributed by atoms with Crippen LogP contribution in [0.2, 0.25) is 0 Å². The minimum absolute atomic E-state index is 0.148. The van der Waals surface area contributed by atoms with Crippen LogP contribution in [-0.2, 0) is 10.2 Å². The molecule has 0 spiro atoms. The second-order valence-electron chi connectivity index (χ2n) is 5.21. The maximum atomic E-state index is 5.18. The molecule has 0 aliphatic heterocycles. The van der Waals surface area contributed by atoms with E-state index in [1.807, 2.05) is 0 Å². The van der Waals surface area contributed by atoms with Gasteiger partial charge >= 0.3 is 0 Å². The Balaban J connectivity index is 2.26. The van der Waals surface area contributed by atoms with Gasteiger partial charge in [0.2, 0.25) is 0 Å². The van der Waals surface area contributed by atoms with Gasteiger partial charge in [0.25, 0.3) is 0 Å². The number of allylic oxidation sites excluding steroid dienone is 5. The lowest BCUT2D eigenvalue weighted by molar-refractivity contribution is 0.333. The lowest BCUT2D eigenvalue weighted by Crippen LogP contribution is -2.22. The predicted molar refractivity (Wildman–Crippen MR) is 92.4 cm³/mol. The second kappa shape index (κ2) is 5.90. The van der Waals surface area contributed by atoms with Crippen LogP contribution in [0.1, 0.15) is 12.0 Å². The van der Waals surface area contributed by atoms with E-state index in [1.165, 1.54) is 16.3 Å². The van der Waals surface area contributed by atoms with Crippen LogP contribution in [0.4, 0.5) is 0 Å². The van der Waals surface area contributed by atoms with Gasteiger partial charge in [0, 0.05) is 9.89 Å². The fourth-order valence-corrected chi connectivity index (χ4v) is 3.39. The van der Waals surface area contributed by atoms with Crippen LogP contribution in [0, 0.1) is 0 Å². The molecule has 106 valence electrons. The Morgan fingerprint density at radius 3 is 2.62 bits per heavy atom. The first-order valence-electron chi connectivity index (χ1n) is 6.99. The number of rotatable bonds is 3. The van der Waals surface area contributed by atoms with Gasteiger partial charge in [0.15, 0.2) is 0 Å². The summed E-state index contributed by atoms with van der Waals surface area (Å²) in [7, 11) is 1.69. The topological polar surface area (TPSA) is 9.23 Å². The van der Waals surface area contributed by atoms with Gasteiger partial charge < -0.3 is 4.74 Å². The molecule has 1 unspecified atom stereocenters. The van der Waals surface area contributed by atoms with E-state index in [4.69, 9.17) is 4.74 Å². The maximum absolute atomic E-state index is 5.18. The van der Waals surface area contributed by atoms with Crippen molar-refractivity contribution in [2.45, 2.75) is 11.8 Å². The molecule has 0 bridgehead atoms. The summed E-state index contributed by atoms with van der Waals surface area (Å²) in [6, 6.07) is 12.8. The number of ether oxygens (including phenoxy) is 1. The van der Waals surface area contributed by atoms with Gasteiger partial charge in [-0.25, -0.2) is 0 Å². The van der Waals surface area contributed by atoms with Gasteiger partial charge in [-0.2, -0.15) is 0 Å². The van der Waals surface area contributed by atoms with Crippen molar-refractivity contribution in [3.05, 3.63) is 83.1 Å². The number of fused-ring (bicyclic) bond motifs is 1. The number of halogens is 1. The molecule has 1 nitrogen and oxygen atoms in total. The van der Waals surface area contributed by atoms with E-state index >= 15 is 0 Å². The second-order valence-corrected chi connectivity index (χ2v) is 6.07. The van der Waals surface area contributed by atoms with Gasteiger partial charge in [0.05, 0.1) is 13.4 Å². The predicted octanol–water partition coefficient (Wildman–Crippen LogP) is 5.52. The monoisotopic (exact) mass is 340 g/mol. The molecule has 0 fully saturated rings. The molecule has 3 rings (SSSR count). The van der Waals surface area contributed by atoms with Crippen molar-refractivity contribution in [1.29, 1.82) is 0 Å². The fraction of sp³-hybridized carbons (Fsp3) is 0.158. The van der Waals surface area contributed by atoms with Crippen LogP contribution in [0.25, 0.3) is 10.8 Å². The summed E-state index contributed by atoms with van der Waals surface area (Å²) in [5.74, 6) is 0. The summed E-state index contributed by atoms with van der Waals surface area (Å²) in [4.78, 5) is 0. The molecule has 0 N–H and O–H groups in total.